The Morgan fingerprint density at radius 2 is 1.73 bits per heavy atom. The van der Waals surface area contributed by atoms with Gasteiger partial charge in [0.25, 0.3) is 5.91 Å². The SMILES string of the molecule is CNc1ncnc2ccc(-c3cccc(CN(Cc4ccccn4)C(=O)c4ccc(F)cc4F)c3)cc12. The average Bonchev–Trinajstić information content (AvgIpc) is 2.92. The number of nitrogens with one attached hydrogen (secondary N) is 1. The van der Waals surface area contributed by atoms with E-state index in [-0.39, 0.29) is 18.7 Å². The molecule has 2 heterocycles. The van der Waals surface area contributed by atoms with E-state index in [2.05, 4.69) is 20.3 Å². The van der Waals surface area contributed by atoms with Gasteiger partial charge in [0, 0.05) is 31.2 Å². The molecule has 0 aliphatic rings. The molecule has 0 saturated heterocycles. The molecule has 0 spiro atoms. The first kappa shape index (κ1) is 24.0. The summed E-state index contributed by atoms with van der Waals surface area (Å²) in [6, 6.07) is 22.1. The second-order valence-corrected chi connectivity index (χ2v) is 8.51. The van der Waals surface area contributed by atoms with Gasteiger partial charge in [-0.25, -0.2) is 18.7 Å². The lowest BCUT2D eigenvalue weighted by atomic mass is 10.0. The Bertz CT molecular complexity index is 1580. The van der Waals surface area contributed by atoms with Crippen LogP contribution in [0.1, 0.15) is 21.6 Å². The van der Waals surface area contributed by atoms with E-state index in [4.69, 9.17) is 0 Å². The molecule has 0 radical (unpaired) electrons. The minimum atomic E-state index is -0.900. The summed E-state index contributed by atoms with van der Waals surface area (Å²) in [7, 11) is 1.81. The number of amides is 1. The van der Waals surface area contributed by atoms with Crippen molar-refractivity contribution in [2.75, 3.05) is 12.4 Å². The number of carbonyl (C=O) groups is 1. The molecular formula is C29H23F2N5O. The third-order valence-corrected chi connectivity index (χ3v) is 6.03. The number of benzene rings is 3. The van der Waals surface area contributed by atoms with Crippen molar-refractivity contribution < 1.29 is 13.6 Å². The summed E-state index contributed by atoms with van der Waals surface area (Å²) in [6.07, 6.45) is 3.16. The second-order valence-electron chi connectivity index (χ2n) is 8.51. The van der Waals surface area contributed by atoms with E-state index in [1.807, 2.05) is 55.6 Å². The normalized spacial score (nSPS) is 10.9. The molecule has 0 atom stereocenters. The van der Waals surface area contributed by atoms with E-state index in [0.717, 1.165) is 45.5 Å². The molecule has 2 aromatic heterocycles. The molecule has 0 fully saturated rings. The van der Waals surface area contributed by atoms with Crippen LogP contribution in [-0.4, -0.2) is 32.8 Å². The fraction of sp³-hybridized carbons (Fsp3) is 0.103. The van der Waals surface area contributed by atoms with Crippen LogP contribution in [0.2, 0.25) is 0 Å². The highest BCUT2D eigenvalue weighted by molar-refractivity contribution is 5.94. The van der Waals surface area contributed by atoms with Crippen molar-refractivity contribution in [3.05, 3.63) is 120 Å². The predicted octanol–water partition coefficient (Wildman–Crippen LogP) is 5.85. The van der Waals surface area contributed by atoms with Gasteiger partial charge in [-0.2, -0.15) is 0 Å². The number of anilines is 1. The zero-order valence-electron chi connectivity index (χ0n) is 20.0. The Morgan fingerprint density at radius 1 is 0.865 bits per heavy atom. The van der Waals surface area contributed by atoms with Gasteiger partial charge >= 0.3 is 0 Å². The largest absolute Gasteiger partial charge is 0.373 e. The highest BCUT2D eigenvalue weighted by atomic mass is 19.1. The van der Waals surface area contributed by atoms with Crippen molar-refractivity contribution in [3.8, 4) is 11.1 Å². The number of hydrogen-bond acceptors (Lipinski definition) is 5. The summed E-state index contributed by atoms with van der Waals surface area (Å²) in [5.74, 6) is -1.45. The highest BCUT2D eigenvalue weighted by Gasteiger charge is 2.21. The van der Waals surface area contributed by atoms with Gasteiger partial charge in [0.1, 0.15) is 23.8 Å². The molecule has 6 nitrogen and oxygen atoms in total. The van der Waals surface area contributed by atoms with Crippen LogP contribution in [0.3, 0.4) is 0 Å². The van der Waals surface area contributed by atoms with E-state index in [1.165, 1.54) is 17.3 Å². The lowest BCUT2D eigenvalue weighted by Crippen LogP contribution is -2.31. The van der Waals surface area contributed by atoms with Crippen molar-refractivity contribution in [3.63, 3.8) is 0 Å². The maximum atomic E-state index is 14.5. The third kappa shape index (κ3) is 5.28. The molecule has 1 amide bonds. The first-order valence-corrected chi connectivity index (χ1v) is 11.7. The summed E-state index contributed by atoms with van der Waals surface area (Å²) >= 11 is 0. The standard InChI is InChI=1S/C29H23F2N5O/c1-32-28-25-14-21(8-11-27(25)34-18-35-28)20-6-4-5-19(13-20)16-36(17-23-7-2-3-12-33-23)29(37)24-10-9-22(30)15-26(24)31/h2-15,18H,16-17H2,1H3,(H,32,34,35). The Labute approximate surface area is 212 Å². The zero-order chi connectivity index (χ0) is 25.8. The molecule has 184 valence electrons. The average molecular weight is 496 g/mol. The number of fused-ring (bicyclic) bond motifs is 1. The number of carbonyl (C=O) groups excluding carboxylic acids is 1. The molecule has 8 heteroatoms. The van der Waals surface area contributed by atoms with Crippen LogP contribution >= 0.6 is 0 Å². The van der Waals surface area contributed by atoms with Gasteiger partial charge in [-0.05, 0) is 59.2 Å². The molecule has 0 aliphatic heterocycles. The van der Waals surface area contributed by atoms with Crippen molar-refractivity contribution in [2.45, 2.75) is 13.1 Å². The molecule has 0 bridgehead atoms. The van der Waals surface area contributed by atoms with Crippen LogP contribution < -0.4 is 5.32 Å². The quantitative estimate of drug-likeness (QED) is 0.307. The number of hydrogen-bond donors (Lipinski definition) is 1. The van der Waals surface area contributed by atoms with Gasteiger partial charge < -0.3 is 10.2 Å². The molecule has 5 rings (SSSR count). The van der Waals surface area contributed by atoms with Gasteiger partial charge in [0.2, 0.25) is 0 Å². The van der Waals surface area contributed by atoms with Gasteiger partial charge in [-0.1, -0.05) is 30.3 Å². The monoisotopic (exact) mass is 495 g/mol. The minimum absolute atomic E-state index is 0.166. The molecule has 0 unspecified atom stereocenters. The first-order valence-electron chi connectivity index (χ1n) is 11.7. The molecule has 1 N–H and O–H groups in total. The first-order chi connectivity index (χ1) is 18.0. The predicted molar refractivity (Wildman–Crippen MR) is 139 cm³/mol. The van der Waals surface area contributed by atoms with Gasteiger partial charge in [0.15, 0.2) is 0 Å². The number of pyridine rings is 1. The molecule has 3 aromatic carbocycles. The molecule has 0 saturated carbocycles. The van der Waals surface area contributed by atoms with E-state index in [1.54, 1.807) is 18.3 Å². The van der Waals surface area contributed by atoms with Gasteiger partial charge in [-0.15, -0.1) is 0 Å². The fourth-order valence-corrected chi connectivity index (χ4v) is 4.23. The maximum absolute atomic E-state index is 14.5. The van der Waals surface area contributed by atoms with Crippen LogP contribution in [-0.2, 0) is 13.1 Å². The number of nitrogens with zero attached hydrogens (tertiary/aromatic N) is 4. The maximum Gasteiger partial charge on any atom is 0.257 e. The summed E-state index contributed by atoms with van der Waals surface area (Å²) in [5, 5.41) is 3.99. The van der Waals surface area contributed by atoms with Crippen molar-refractivity contribution in [1.82, 2.24) is 19.9 Å². The van der Waals surface area contributed by atoms with E-state index in [9.17, 15) is 13.6 Å². The van der Waals surface area contributed by atoms with Crippen LogP contribution in [0.25, 0.3) is 22.0 Å². The van der Waals surface area contributed by atoms with E-state index >= 15 is 0 Å². The van der Waals surface area contributed by atoms with Crippen LogP contribution in [0, 0.1) is 11.6 Å². The van der Waals surface area contributed by atoms with Crippen molar-refractivity contribution in [1.29, 1.82) is 0 Å². The topological polar surface area (TPSA) is 71.0 Å². The van der Waals surface area contributed by atoms with Crippen LogP contribution in [0.15, 0.2) is 91.4 Å². The Balaban J connectivity index is 1.48. The van der Waals surface area contributed by atoms with E-state index < -0.39 is 17.5 Å². The number of halogens is 2. The van der Waals surface area contributed by atoms with Crippen LogP contribution in [0.4, 0.5) is 14.6 Å². The third-order valence-electron chi connectivity index (χ3n) is 6.03. The molecule has 0 aliphatic carbocycles. The summed E-state index contributed by atoms with van der Waals surface area (Å²) in [4.78, 5) is 27.8. The lowest BCUT2D eigenvalue weighted by molar-refractivity contribution is 0.0723. The molecule has 5 aromatic rings. The van der Waals surface area contributed by atoms with Crippen molar-refractivity contribution >= 4 is 22.6 Å². The molecular weight excluding hydrogens is 472 g/mol. The highest BCUT2D eigenvalue weighted by Crippen LogP contribution is 2.28. The number of rotatable bonds is 7. The van der Waals surface area contributed by atoms with Gasteiger partial charge in [0.05, 0.1) is 23.3 Å². The smallest absolute Gasteiger partial charge is 0.257 e. The Hall–Kier alpha value is -4.72. The number of aromatic nitrogens is 3. The Kier molecular flexibility index (Phi) is 6.81. The Morgan fingerprint density at radius 3 is 2.51 bits per heavy atom. The summed E-state index contributed by atoms with van der Waals surface area (Å²) in [6.45, 7) is 0.373. The fourth-order valence-electron chi connectivity index (χ4n) is 4.23. The lowest BCUT2D eigenvalue weighted by Gasteiger charge is -2.23. The summed E-state index contributed by atoms with van der Waals surface area (Å²) in [5.41, 5.74) is 4.05. The second kappa shape index (κ2) is 10.5. The zero-order valence-corrected chi connectivity index (χ0v) is 20.0. The van der Waals surface area contributed by atoms with Gasteiger partial charge in [-0.3, -0.25) is 9.78 Å². The van der Waals surface area contributed by atoms with Crippen LogP contribution in [0.5, 0.6) is 0 Å². The summed E-state index contributed by atoms with van der Waals surface area (Å²) < 4.78 is 28.0. The minimum Gasteiger partial charge on any atom is -0.373 e. The van der Waals surface area contributed by atoms with Crippen molar-refractivity contribution in [2.24, 2.45) is 0 Å². The molecule has 37 heavy (non-hydrogen) atoms. The van der Waals surface area contributed by atoms with E-state index in [0.29, 0.717) is 5.69 Å².